The van der Waals surface area contributed by atoms with Crippen LogP contribution in [0.3, 0.4) is 0 Å². The second-order valence-electron chi connectivity index (χ2n) is 6.19. The third-order valence-corrected chi connectivity index (χ3v) is 5.51. The van der Waals surface area contributed by atoms with Gasteiger partial charge in [-0.3, -0.25) is 9.36 Å². The van der Waals surface area contributed by atoms with Crippen molar-refractivity contribution in [1.29, 1.82) is 0 Å². The maximum absolute atomic E-state index is 13.8. The summed E-state index contributed by atoms with van der Waals surface area (Å²) in [5.74, 6) is 1.05. The second kappa shape index (κ2) is 6.84. The van der Waals surface area contributed by atoms with E-state index in [2.05, 4.69) is 16.8 Å². The van der Waals surface area contributed by atoms with E-state index < -0.39 is 0 Å². The second-order valence-corrected chi connectivity index (χ2v) is 7.24. The molecule has 1 aliphatic heterocycles. The van der Waals surface area contributed by atoms with Gasteiger partial charge < -0.3 is 10.6 Å². The van der Waals surface area contributed by atoms with Crippen LogP contribution >= 0.6 is 11.8 Å². The van der Waals surface area contributed by atoms with Crippen molar-refractivity contribution in [1.82, 2.24) is 9.55 Å². The van der Waals surface area contributed by atoms with Gasteiger partial charge in [-0.1, -0.05) is 30.8 Å². The van der Waals surface area contributed by atoms with E-state index in [1.807, 2.05) is 0 Å². The van der Waals surface area contributed by atoms with Crippen molar-refractivity contribution in [3.8, 4) is 0 Å². The molecule has 2 N–H and O–H groups in total. The molecule has 0 spiro atoms. The molecule has 7 heteroatoms. The lowest BCUT2D eigenvalue weighted by atomic mass is 10.00. The standard InChI is InChI=1S/C17H21FN4OS/c1-11-7-9-22(10-8-11)17-20-15(19)14(16(23)21(17)2)24-13-6-4-3-5-12(13)18/h3-6,11H,7-10,19H2,1-2H3. The zero-order valence-corrected chi connectivity index (χ0v) is 14.6. The quantitative estimate of drug-likeness (QED) is 0.924. The number of hydrogen-bond donors (Lipinski definition) is 1. The minimum Gasteiger partial charge on any atom is -0.382 e. The Kier molecular flexibility index (Phi) is 4.80. The first-order chi connectivity index (χ1) is 11.5. The number of anilines is 2. The van der Waals surface area contributed by atoms with Gasteiger partial charge in [-0.05, 0) is 30.9 Å². The average molecular weight is 348 g/mol. The molecule has 0 aliphatic carbocycles. The molecule has 1 aromatic carbocycles. The van der Waals surface area contributed by atoms with Crippen LogP contribution < -0.4 is 16.2 Å². The molecule has 3 rings (SSSR count). The Hall–Kier alpha value is -2.02. The minimum atomic E-state index is -0.377. The highest BCUT2D eigenvalue weighted by Gasteiger charge is 2.22. The van der Waals surface area contributed by atoms with Crippen LogP contribution in [0, 0.1) is 11.7 Å². The fraction of sp³-hybridized carbons (Fsp3) is 0.412. The summed E-state index contributed by atoms with van der Waals surface area (Å²) >= 11 is 1.02. The fourth-order valence-corrected chi connectivity index (χ4v) is 3.72. The van der Waals surface area contributed by atoms with Crippen molar-refractivity contribution in [2.45, 2.75) is 29.6 Å². The number of nitrogen functional groups attached to an aromatic ring is 1. The van der Waals surface area contributed by atoms with Crippen LogP contribution in [0.1, 0.15) is 19.8 Å². The Bertz CT molecular complexity index is 800. The van der Waals surface area contributed by atoms with Crippen molar-refractivity contribution in [2.24, 2.45) is 13.0 Å². The zero-order valence-electron chi connectivity index (χ0n) is 13.8. The van der Waals surface area contributed by atoms with Crippen molar-refractivity contribution in [3.63, 3.8) is 0 Å². The number of halogens is 1. The van der Waals surface area contributed by atoms with Gasteiger partial charge in [0.05, 0.1) is 0 Å². The summed E-state index contributed by atoms with van der Waals surface area (Å²) in [6.45, 7) is 3.95. The van der Waals surface area contributed by atoms with Crippen LogP contribution in [0.4, 0.5) is 16.2 Å². The predicted molar refractivity (Wildman–Crippen MR) is 95.0 cm³/mol. The molecule has 0 unspecified atom stereocenters. The number of nitrogens with zero attached hydrogens (tertiary/aromatic N) is 3. The highest BCUT2D eigenvalue weighted by Crippen LogP contribution is 2.31. The van der Waals surface area contributed by atoms with Gasteiger partial charge in [0.1, 0.15) is 16.5 Å². The van der Waals surface area contributed by atoms with Gasteiger partial charge in [-0.25, -0.2) is 4.39 Å². The Balaban J connectivity index is 1.94. The Labute approximate surface area is 144 Å². The van der Waals surface area contributed by atoms with Crippen LogP contribution in [0.2, 0.25) is 0 Å². The minimum absolute atomic E-state index is 0.153. The molecule has 1 fully saturated rings. The summed E-state index contributed by atoms with van der Waals surface area (Å²) in [5, 5.41) is 0. The lowest BCUT2D eigenvalue weighted by Gasteiger charge is -2.32. The monoisotopic (exact) mass is 348 g/mol. The van der Waals surface area contributed by atoms with Crippen molar-refractivity contribution in [3.05, 3.63) is 40.4 Å². The summed E-state index contributed by atoms with van der Waals surface area (Å²) in [7, 11) is 1.69. The third-order valence-electron chi connectivity index (χ3n) is 4.37. The summed E-state index contributed by atoms with van der Waals surface area (Å²) < 4.78 is 15.4. The van der Waals surface area contributed by atoms with E-state index in [9.17, 15) is 9.18 Å². The molecule has 1 aromatic heterocycles. The first kappa shape index (κ1) is 16.8. The van der Waals surface area contributed by atoms with E-state index in [0.717, 1.165) is 37.7 Å². The third kappa shape index (κ3) is 3.26. The van der Waals surface area contributed by atoms with Gasteiger partial charge in [0.25, 0.3) is 5.56 Å². The Morgan fingerprint density at radius 3 is 2.62 bits per heavy atom. The van der Waals surface area contributed by atoms with E-state index >= 15 is 0 Å². The van der Waals surface area contributed by atoms with Crippen molar-refractivity contribution >= 4 is 23.5 Å². The van der Waals surface area contributed by atoms with Crippen LogP contribution in [0.25, 0.3) is 0 Å². The van der Waals surface area contributed by atoms with E-state index in [4.69, 9.17) is 5.73 Å². The van der Waals surface area contributed by atoms with Crippen molar-refractivity contribution < 1.29 is 4.39 Å². The SMILES string of the molecule is CC1CCN(c2nc(N)c(Sc3ccccc3F)c(=O)n2C)CC1. The van der Waals surface area contributed by atoms with Gasteiger partial charge in [0, 0.05) is 25.0 Å². The molecule has 5 nitrogen and oxygen atoms in total. The van der Waals surface area contributed by atoms with E-state index in [1.54, 1.807) is 25.2 Å². The highest BCUT2D eigenvalue weighted by molar-refractivity contribution is 7.99. The summed E-state index contributed by atoms with van der Waals surface area (Å²) in [6, 6.07) is 6.32. The number of hydrogen-bond acceptors (Lipinski definition) is 5. The molecule has 1 aliphatic rings. The van der Waals surface area contributed by atoms with Crippen LogP contribution in [-0.4, -0.2) is 22.6 Å². The molecule has 0 saturated carbocycles. The van der Waals surface area contributed by atoms with E-state index in [0.29, 0.717) is 16.8 Å². The largest absolute Gasteiger partial charge is 0.382 e. The van der Waals surface area contributed by atoms with Crippen LogP contribution in [0.5, 0.6) is 0 Å². The lowest BCUT2D eigenvalue weighted by molar-refractivity contribution is 0.430. The molecule has 0 radical (unpaired) electrons. The van der Waals surface area contributed by atoms with Crippen molar-refractivity contribution in [2.75, 3.05) is 23.7 Å². The number of aromatic nitrogens is 2. The normalized spacial score (nSPS) is 15.7. The number of nitrogens with two attached hydrogens (primary N) is 1. The van der Waals surface area contributed by atoms with Gasteiger partial charge in [-0.2, -0.15) is 4.98 Å². The summed E-state index contributed by atoms with van der Waals surface area (Å²) in [6.07, 6.45) is 2.14. The van der Waals surface area contributed by atoms with E-state index in [-0.39, 0.29) is 22.1 Å². The molecule has 128 valence electrons. The Morgan fingerprint density at radius 2 is 1.96 bits per heavy atom. The molecule has 1 saturated heterocycles. The van der Waals surface area contributed by atoms with Crippen LogP contribution in [0.15, 0.2) is 38.9 Å². The predicted octanol–water partition coefficient (Wildman–Crippen LogP) is 2.89. The zero-order chi connectivity index (χ0) is 17.3. The molecule has 0 bridgehead atoms. The van der Waals surface area contributed by atoms with Gasteiger partial charge in [-0.15, -0.1) is 0 Å². The molecule has 2 heterocycles. The summed E-state index contributed by atoms with van der Waals surface area (Å²) in [5.41, 5.74) is 5.78. The fourth-order valence-electron chi connectivity index (χ4n) is 2.81. The number of benzene rings is 1. The smallest absolute Gasteiger partial charge is 0.270 e. The topological polar surface area (TPSA) is 64.2 Å². The maximum atomic E-state index is 13.8. The maximum Gasteiger partial charge on any atom is 0.270 e. The molecule has 2 aromatic rings. The molecule has 0 atom stereocenters. The summed E-state index contributed by atoms with van der Waals surface area (Å²) in [4.78, 5) is 19.9. The van der Waals surface area contributed by atoms with Gasteiger partial charge >= 0.3 is 0 Å². The molecular weight excluding hydrogens is 327 g/mol. The molecular formula is C17H21FN4OS. The average Bonchev–Trinajstić information content (AvgIpc) is 2.57. The molecule has 24 heavy (non-hydrogen) atoms. The Morgan fingerprint density at radius 1 is 1.29 bits per heavy atom. The van der Waals surface area contributed by atoms with Gasteiger partial charge in [0.2, 0.25) is 5.95 Å². The van der Waals surface area contributed by atoms with E-state index in [1.165, 1.54) is 10.6 Å². The number of rotatable bonds is 3. The van der Waals surface area contributed by atoms with Gasteiger partial charge in [0.15, 0.2) is 0 Å². The number of piperidine rings is 1. The first-order valence-corrected chi connectivity index (χ1v) is 8.83. The highest BCUT2D eigenvalue weighted by atomic mass is 32.2. The lowest BCUT2D eigenvalue weighted by Crippen LogP contribution is -2.38. The first-order valence-electron chi connectivity index (χ1n) is 8.01. The van der Waals surface area contributed by atoms with Crippen LogP contribution in [-0.2, 0) is 7.05 Å². The molecule has 0 amide bonds.